The summed E-state index contributed by atoms with van der Waals surface area (Å²) >= 11 is 0. The first-order valence-electron chi connectivity index (χ1n) is 5.88. The van der Waals surface area contributed by atoms with Crippen molar-refractivity contribution >= 4 is 17.6 Å². The molecule has 1 aromatic carbocycles. The number of aliphatic carboxylic acids is 1. The maximum absolute atomic E-state index is 11.2. The van der Waals surface area contributed by atoms with E-state index in [-0.39, 0.29) is 25.1 Å². The zero-order chi connectivity index (χ0) is 15.1. The standard InChI is InChI=1S/C12H15N3O5/c13-12(18)10(4-5-11(16)17)14-7-8-2-1-3-9(6-8)15(19)20/h1-3,6,10,14H,4-5,7H2,(H2,13,18)(H,16,17)/t10-/m0/s1. The van der Waals surface area contributed by atoms with Crippen molar-refractivity contribution in [2.45, 2.75) is 25.4 Å². The molecular weight excluding hydrogens is 266 g/mol. The van der Waals surface area contributed by atoms with E-state index >= 15 is 0 Å². The average molecular weight is 281 g/mol. The van der Waals surface area contributed by atoms with Crippen LogP contribution in [0, 0.1) is 10.1 Å². The number of nitrogens with one attached hydrogen (secondary N) is 1. The number of carbonyl (C=O) groups excluding carboxylic acids is 1. The van der Waals surface area contributed by atoms with Gasteiger partial charge in [0.2, 0.25) is 5.91 Å². The van der Waals surface area contributed by atoms with Crippen molar-refractivity contribution in [1.82, 2.24) is 5.32 Å². The zero-order valence-corrected chi connectivity index (χ0v) is 10.6. The zero-order valence-electron chi connectivity index (χ0n) is 10.6. The monoisotopic (exact) mass is 281 g/mol. The SMILES string of the molecule is NC(=O)[C@H](CCC(=O)O)NCc1cccc([N+](=O)[O-])c1. The molecule has 0 spiro atoms. The third-order valence-corrected chi connectivity index (χ3v) is 2.66. The highest BCUT2D eigenvalue weighted by Crippen LogP contribution is 2.13. The Bertz CT molecular complexity index is 518. The van der Waals surface area contributed by atoms with Crippen LogP contribution in [-0.4, -0.2) is 27.9 Å². The van der Waals surface area contributed by atoms with Crippen LogP contribution in [0.2, 0.25) is 0 Å². The van der Waals surface area contributed by atoms with Crippen LogP contribution >= 0.6 is 0 Å². The fourth-order valence-corrected chi connectivity index (χ4v) is 1.63. The molecule has 0 aromatic heterocycles. The maximum Gasteiger partial charge on any atom is 0.303 e. The molecule has 0 saturated carbocycles. The quantitative estimate of drug-likeness (QED) is 0.466. The predicted molar refractivity (Wildman–Crippen MR) is 69.8 cm³/mol. The number of carboxylic acid groups (broad SMARTS) is 1. The van der Waals surface area contributed by atoms with Gasteiger partial charge in [0.25, 0.3) is 5.69 Å². The van der Waals surface area contributed by atoms with E-state index in [0.717, 1.165) is 0 Å². The topological polar surface area (TPSA) is 136 Å². The number of hydrogen-bond acceptors (Lipinski definition) is 5. The smallest absolute Gasteiger partial charge is 0.303 e. The second-order valence-corrected chi connectivity index (χ2v) is 4.20. The van der Waals surface area contributed by atoms with Gasteiger partial charge in [0.15, 0.2) is 0 Å². The van der Waals surface area contributed by atoms with Crippen LogP contribution in [0.3, 0.4) is 0 Å². The van der Waals surface area contributed by atoms with E-state index in [0.29, 0.717) is 5.56 Å². The first-order valence-corrected chi connectivity index (χ1v) is 5.88. The molecule has 0 bridgehead atoms. The molecule has 0 aliphatic rings. The number of primary amides is 1. The van der Waals surface area contributed by atoms with E-state index in [4.69, 9.17) is 10.8 Å². The number of carboxylic acids is 1. The number of carbonyl (C=O) groups is 2. The van der Waals surface area contributed by atoms with Crippen molar-refractivity contribution in [3.8, 4) is 0 Å². The maximum atomic E-state index is 11.2. The predicted octanol–water partition coefficient (Wildman–Crippen LogP) is 0.403. The lowest BCUT2D eigenvalue weighted by atomic mass is 10.1. The molecule has 4 N–H and O–H groups in total. The number of hydrogen-bond donors (Lipinski definition) is 3. The summed E-state index contributed by atoms with van der Waals surface area (Å²) in [5.74, 6) is -1.68. The second-order valence-electron chi connectivity index (χ2n) is 4.20. The molecule has 1 amide bonds. The fraction of sp³-hybridized carbons (Fsp3) is 0.333. The van der Waals surface area contributed by atoms with Gasteiger partial charge in [-0.05, 0) is 12.0 Å². The summed E-state index contributed by atoms with van der Waals surface area (Å²) in [6, 6.07) is 5.15. The molecule has 8 nitrogen and oxygen atoms in total. The molecule has 8 heteroatoms. The van der Waals surface area contributed by atoms with Crippen LogP contribution in [0.15, 0.2) is 24.3 Å². The summed E-state index contributed by atoms with van der Waals surface area (Å²) in [5.41, 5.74) is 5.72. The van der Waals surface area contributed by atoms with Gasteiger partial charge in [0.1, 0.15) is 0 Å². The van der Waals surface area contributed by atoms with Crippen LogP contribution in [0.4, 0.5) is 5.69 Å². The molecule has 0 radical (unpaired) electrons. The Morgan fingerprint density at radius 3 is 2.70 bits per heavy atom. The number of rotatable bonds is 8. The highest BCUT2D eigenvalue weighted by molar-refractivity contribution is 5.80. The van der Waals surface area contributed by atoms with E-state index in [1.165, 1.54) is 18.2 Å². The molecule has 0 unspecified atom stereocenters. The van der Waals surface area contributed by atoms with E-state index in [1.54, 1.807) is 6.07 Å². The van der Waals surface area contributed by atoms with E-state index in [2.05, 4.69) is 5.32 Å². The Morgan fingerprint density at radius 1 is 1.45 bits per heavy atom. The summed E-state index contributed by atoms with van der Waals surface area (Å²) in [7, 11) is 0. The molecule has 1 aromatic rings. The number of non-ortho nitro benzene ring substituents is 1. The second kappa shape index (κ2) is 7.19. The summed E-state index contributed by atoms with van der Waals surface area (Å²) in [4.78, 5) is 31.7. The minimum absolute atomic E-state index is 0.0505. The number of nitro benzene ring substituents is 1. The Kier molecular flexibility index (Phi) is 5.60. The van der Waals surface area contributed by atoms with Crippen molar-refractivity contribution in [2.75, 3.05) is 0 Å². The normalized spacial score (nSPS) is 11.8. The van der Waals surface area contributed by atoms with E-state index in [9.17, 15) is 19.7 Å². The summed E-state index contributed by atoms with van der Waals surface area (Å²) in [6.07, 6.45) is -0.116. The van der Waals surface area contributed by atoms with Crippen LogP contribution in [0.1, 0.15) is 18.4 Å². The van der Waals surface area contributed by atoms with Gasteiger partial charge in [-0.3, -0.25) is 19.7 Å². The Balaban J connectivity index is 2.62. The van der Waals surface area contributed by atoms with Gasteiger partial charge in [-0.1, -0.05) is 12.1 Å². The van der Waals surface area contributed by atoms with Crippen molar-refractivity contribution in [3.05, 3.63) is 39.9 Å². The largest absolute Gasteiger partial charge is 0.481 e. The first kappa shape index (κ1) is 15.6. The van der Waals surface area contributed by atoms with Crippen molar-refractivity contribution in [1.29, 1.82) is 0 Å². The molecule has 0 saturated heterocycles. The van der Waals surface area contributed by atoms with E-state index < -0.39 is 22.8 Å². The Hall–Kier alpha value is -2.48. The number of nitrogens with two attached hydrogens (primary N) is 1. The van der Waals surface area contributed by atoms with Crippen LogP contribution in [0.5, 0.6) is 0 Å². The molecule has 20 heavy (non-hydrogen) atoms. The minimum Gasteiger partial charge on any atom is -0.481 e. The number of benzene rings is 1. The van der Waals surface area contributed by atoms with Gasteiger partial charge in [-0.2, -0.15) is 0 Å². The van der Waals surface area contributed by atoms with Crippen molar-refractivity contribution < 1.29 is 19.6 Å². The van der Waals surface area contributed by atoms with Gasteiger partial charge in [-0.15, -0.1) is 0 Å². The molecule has 0 heterocycles. The molecule has 1 rings (SSSR count). The van der Waals surface area contributed by atoms with Crippen LogP contribution in [-0.2, 0) is 16.1 Å². The highest BCUT2D eigenvalue weighted by atomic mass is 16.6. The molecule has 1 atom stereocenters. The molecular formula is C12H15N3O5. The van der Waals surface area contributed by atoms with Crippen molar-refractivity contribution in [2.24, 2.45) is 5.73 Å². The Labute approximate surface area is 114 Å². The fourth-order valence-electron chi connectivity index (χ4n) is 1.63. The number of nitro groups is 1. The average Bonchev–Trinajstić information content (AvgIpc) is 2.38. The molecule has 0 aliphatic carbocycles. The van der Waals surface area contributed by atoms with Gasteiger partial charge in [0.05, 0.1) is 11.0 Å². The summed E-state index contributed by atoms with van der Waals surface area (Å²) in [6.45, 7) is 0.189. The lowest BCUT2D eigenvalue weighted by Crippen LogP contribution is -2.41. The Morgan fingerprint density at radius 2 is 2.15 bits per heavy atom. The van der Waals surface area contributed by atoms with Gasteiger partial charge in [0, 0.05) is 25.1 Å². The summed E-state index contributed by atoms with van der Waals surface area (Å²) in [5, 5.41) is 22.0. The third-order valence-electron chi connectivity index (χ3n) is 2.66. The van der Waals surface area contributed by atoms with Crippen LogP contribution in [0.25, 0.3) is 0 Å². The van der Waals surface area contributed by atoms with Crippen LogP contribution < -0.4 is 11.1 Å². The van der Waals surface area contributed by atoms with E-state index in [1.807, 2.05) is 0 Å². The number of amides is 1. The first-order chi connectivity index (χ1) is 9.40. The summed E-state index contributed by atoms with van der Waals surface area (Å²) < 4.78 is 0. The van der Waals surface area contributed by atoms with Gasteiger partial charge >= 0.3 is 5.97 Å². The molecule has 0 fully saturated rings. The van der Waals surface area contributed by atoms with Gasteiger partial charge in [-0.25, -0.2) is 0 Å². The number of nitrogens with zero attached hydrogens (tertiary/aromatic N) is 1. The minimum atomic E-state index is -1.02. The molecule has 0 aliphatic heterocycles. The molecule has 108 valence electrons. The highest BCUT2D eigenvalue weighted by Gasteiger charge is 2.16. The van der Waals surface area contributed by atoms with Crippen molar-refractivity contribution in [3.63, 3.8) is 0 Å². The lowest BCUT2D eigenvalue weighted by Gasteiger charge is -2.14. The lowest BCUT2D eigenvalue weighted by molar-refractivity contribution is -0.384. The third kappa shape index (κ3) is 5.02. The van der Waals surface area contributed by atoms with Gasteiger partial charge < -0.3 is 16.2 Å².